The van der Waals surface area contributed by atoms with Crippen molar-refractivity contribution in [3.05, 3.63) is 50.7 Å². The van der Waals surface area contributed by atoms with E-state index in [0.717, 1.165) is 37.3 Å². The lowest BCUT2D eigenvalue weighted by Gasteiger charge is -2.19. The summed E-state index contributed by atoms with van der Waals surface area (Å²) in [4.78, 5) is 40.6. The van der Waals surface area contributed by atoms with E-state index < -0.39 is 6.04 Å². The maximum atomic E-state index is 13.2. The van der Waals surface area contributed by atoms with Crippen molar-refractivity contribution in [2.45, 2.75) is 38.1 Å². The number of amides is 3. The molecule has 1 atom stereocenters. The van der Waals surface area contributed by atoms with Crippen LogP contribution in [0.4, 0.5) is 5.69 Å². The number of ether oxygens (including phenoxy) is 1. The predicted molar refractivity (Wildman–Crippen MR) is 139 cm³/mol. The first-order valence-corrected chi connectivity index (χ1v) is 13.0. The van der Waals surface area contributed by atoms with Gasteiger partial charge in [0.2, 0.25) is 11.8 Å². The molecule has 0 fully saturated rings. The number of rotatable bonds is 11. The fourth-order valence-corrected chi connectivity index (χ4v) is 4.85. The van der Waals surface area contributed by atoms with Gasteiger partial charge in [-0.1, -0.05) is 17.7 Å². The van der Waals surface area contributed by atoms with Crippen LogP contribution in [0.1, 0.15) is 40.1 Å². The number of nitrogens with zero attached hydrogens (tertiary/aromatic N) is 1. The van der Waals surface area contributed by atoms with Crippen LogP contribution in [-0.4, -0.2) is 69.1 Å². The first kappa shape index (κ1) is 27.1. The second-order valence-electron chi connectivity index (χ2n) is 8.64. The number of benzene rings is 1. The molecular formula is C25H33ClN4O4S. The zero-order chi connectivity index (χ0) is 25.2. The Morgan fingerprint density at radius 1 is 1.14 bits per heavy atom. The fourth-order valence-electron chi connectivity index (χ4n) is 3.90. The molecule has 10 heteroatoms. The van der Waals surface area contributed by atoms with E-state index in [1.165, 1.54) is 11.1 Å². The molecule has 1 aromatic carbocycles. The fraction of sp³-hybridized carbons (Fsp3) is 0.480. The van der Waals surface area contributed by atoms with E-state index >= 15 is 0 Å². The number of methoxy groups -OCH3 is 1. The number of nitrogens with one attached hydrogen (secondary N) is 3. The molecule has 0 radical (unpaired) electrons. The molecule has 35 heavy (non-hydrogen) atoms. The van der Waals surface area contributed by atoms with Gasteiger partial charge in [0.05, 0.1) is 9.21 Å². The van der Waals surface area contributed by atoms with Crippen molar-refractivity contribution < 1.29 is 19.1 Å². The molecule has 1 aliphatic rings. The molecule has 0 saturated carbocycles. The van der Waals surface area contributed by atoms with Gasteiger partial charge in [-0.15, -0.1) is 11.3 Å². The van der Waals surface area contributed by atoms with E-state index in [-0.39, 0.29) is 30.7 Å². The van der Waals surface area contributed by atoms with Crippen LogP contribution in [-0.2, 0) is 27.2 Å². The lowest BCUT2D eigenvalue weighted by atomic mass is 10.0. The molecule has 3 N–H and O–H groups in total. The molecule has 0 unspecified atom stereocenters. The molecule has 2 heterocycles. The largest absolute Gasteiger partial charge is 0.385 e. The first-order valence-electron chi connectivity index (χ1n) is 11.8. The Morgan fingerprint density at radius 3 is 2.63 bits per heavy atom. The molecule has 190 valence electrons. The van der Waals surface area contributed by atoms with Gasteiger partial charge in [-0.2, -0.15) is 0 Å². The third-order valence-corrected chi connectivity index (χ3v) is 7.16. The van der Waals surface area contributed by atoms with E-state index in [4.69, 9.17) is 16.3 Å². The molecule has 0 bridgehead atoms. The first-order chi connectivity index (χ1) is 16.9. The van der Waals surface area contributed by atoms with Gasteiger partial charge < -0.3 is 25.6 Å². The Labute approximate surface area is 215 Å². The molecule has 3 rings (SSSR count). The minimum Gasteiger partial charge on any atom is -0.385 e. The lowest BCUT2D eigenvalue weighted by Crippen LogP contribution is -2.45. The van der Waals surface area contributed by atoms with Crippen LogP contribution in [0.3, 0.4) is 0 Å². The maximum absolute atomic E-state index is 13.2. The van der Waals surface area contributed by atoms with Gasteiger partial charge in [0.25, 0.3) is 5.91 Å². The van der Waals surface area contributed by atoms with Crippen molar-refractivity contribution in [3.8, 4) is 0 Å². The molecule has 0 saturated heterocycles. The zero-order valence-electron chi connectivity index (χ0n) is 20.2. The summed E-state index contributed by atoms with van der Waals surface area (Å²) in [7, 11) is 3.70. The highest BCUT2D eigenvalue weighted by Gasteiger charge is 2.23. The minimum atomic E-state index is -0.826. The molecule has 0 spiro atoms. The average molecular weight is 521 g/mol. The Kier molecular flexibility index (Phi) is 10.5. The van der Waals surface area contributed by atoms with Crippen LogP contribution < -0.4 is 16.0 Å². The number of hydrogen-bond acceptors (Lipinski definition) is 6. The third-order valence-electron chi connectivity index (χ3n) is 5.93. The summed E-state index contributed by atoms with van der Waals surface area (Å²) in [5.74, 6) is -0.827. The van der Waals surface area contributed by atoms with Gasteiger partial charge in [0, 0.05) is 45.5 Å². The Bertz CT molecular complexity index is 1030. The number of carbonyl (C=O) groups excluding carboxylic acids is 3. The molecule has 3 amide bonds. The third kappa shape index (κ3) is 8.61. The summed E-state index contributed by atoms with van der Waals surface area (Å²) in [5, 5.41) is 8.55. The van der Waals surface area contributed by atoms with E-state index in [9.17, 15) is 14.4 Å². The van der Waals surface area contributed by atoms with Gasteiger partial charge in [0.15, 0.2) is 0 Å². The van der Waals surface area contributed by atoms with Gasteiger partial charge in [-0.25, -0.2) is 0 Å². The molecule has 8 nitrogen and oxygen atoms in total. The number of carbonyl (C=O) groups is 3. The molecule has 1 aliphatic heterocycles. The van der Waals surface area contributed by atoms with Crippen molar-refractivity contribution in [1.82, 2.24) is 15.5 Å². The Morgan fingerprint density at radius 2 is 1.91 bits per heavy atom. The number of thiophene rings is 1. The number of anilines is 1. The number of halogens is 1. The number of hydrogen-bond donors (Lipinski definition) is 3. The molecule has 2 aromatic rings. The lowest BCUT2D eigenvalue weighted by molar-refractivity contribution is -0.122. The van der Waals surface area contributed by atoms with Gasteiger partial charge in [0.1, 0.15) is 6.04 Å². The molecule has 1 aromatic heterocycles. The van der Waals surface area contributed by atoms with Crippen molar-refractivity contribution in [2.75, 3.05) is 45.7 Å². The Hall–Kier alpha value is -2.46. The quantitative estimate of drug-likeness (QED) is 0.395. The van der Waals surface area contributed by atoms with E-state index in [2.05, 4.69) is 34.0 Å². The smallest absolute Gasteiger partial charge is 0.262 e. The summed E-state index contributed by atoms with van der Waals surface area (Å²) in [6.07, 6.45) is 3.11. The topological polar surface area (TPSA) is 99.8 Å². The van der Waals surface area contributed by atoms with E-state index in [1.54, 1.807) is 19.2 Å². The summed E-state index contributed by atoms with van der Waals surface area (Å²) in [6, 6.07) is 8.42. The maximum Gasteiger partial charge on any atom is 0.262 e. The van der Waals surface area contributed by atoms with Gasteiger partial charge in [-0.05, 0) is 68.1 Å². The van der Waals surface area contributed by atoms with Crippen LogP contribution in [0.5, 0.6) is 0 Å². The van der Waals surface area contributed by atoms with Gasteiger partial charge >= 0.3 is 0 Å². The Balaban J connectivity index is 1.64. The van der Waals surface area contributed by atoms with E-state index in [0.29, 0.717) is 34.3 Å². The second-order valence-corrected chi connectivity index (χ2v) is 10.4. The van der Waals surface area contributed by atoms with Crippen LogP contribution in [0.25, 0.3) is 0 Å². The normalized spacial score (nSPS) is 14.5. The standard InChI is InChI=1S/C25H33ClN4O4S/c1-30-13-10-17-5-6-19(16-18(17)11-14-30)28-24(32)20(9-12-27-23(31)4-3-15-34-2)29-25(33)21-7-8-22(26)35-21/h5-8,16,20H,3-4,9-15H2,1-2H3,(H,27,31)(H,28,32)(H,29,33)/t20-/m1/s1. The van der Waals surface area contributed by atoms with Crippen LogP contribution in [0, 0.1) is 0 Å². The van der Waals surface area contributed by atoms with E-state index in [1.807, 2.05) is 12.1 Å². The minimum absolute atomic E-state index is 0.117. The summed E-state index contributed by atoms with van der Waals surface area (Å²) in [5.41, 5.74) is 3.22. The van der Waals surface area contributed by atoms with Crippen molar-refractivity contribution >= 4 is 46.3 Å². The zero-order valence-corrected chi connectivity index (χ0v) is 21.8. The highest BCUT2D eigenvalue weighted by Crippen LogP contribution is 2.22. The highest BCUT2D eigenvalue weighted by atomic mass is 35.5. The van der Waals surface area contributed by atoms with Crippen molar-refractivity contribution in [3.63, 3.8) is 0 Å². The number of fused-ring (bicyclic) bond motifs is 1. The van der Waals surface area contributed by atoms with Crippen molar-refractivity contribution in [2.24, 2.45) is 0 Å². The predicted octanol–water partition coefficient (Wildman–Crippen LogP) is 3.10. The average Bonchev–Trinajstić information content (AvgIpc) is 3.19. The monoisotopic (exact) mass is 520 g/mol. The highest BCUT2D eigenvalue weighted by molar-refractivity contribution is 7.18. The summed E-state index contributed by atoms with van der Waals surface area (Å²) < 4.78 is 5.46. The summed E-state index contributed by atoms with van der Waals surface area (Å²) >= 11 is 7.11. The molecular weight excluding hydrogens is 488 g/mol. The second kappa shape index (κ2) is 13.6. The van der Waals surface area contributed by atoms with Crippen LogP contribution in [0.15, 0.2) is 30.3 Å². The van der Waals surface area contributed by atoms with Crippen LogP contribution in [0.2, 0.25) is 4.34 Å². The molecule has 0 aliphatic carbocycles. The SMILES string of the molecule is COCCCC(=O)NCC[C@@H](NC(=O)c1ccc(Cl)s1)C(=O)Nc1ccc2c(c1)CCN(C)CC2. The van der Waals surface area contributed by atoms with Crippen molar-refractivity contribution in [1.29, 1.82) is 0 Å². The van der Waals surface area contributed by atoms with Crippen LogP contribution >= 0.6 is 22.9 Å². The summed E-state index contributed by atoms with van der Waals surface area (Å²) in [6.45, 7) is 2.74. The van der Waals surface area contributed by atoms with Gasteiger partial charge in [-0.3, -0.25) is 14.4 Å². The number of likely N-dealkylation sites (N-methyl/N-ethyl adjacent to an activating group) is 1.